The van der Waals surface area contributed by atoms with Gasteiger partial charge in [0.15, 0.2) is 5.82 Å². The Morgan fingerprint density at radius 3 is 2.70 bits per heavy atom. The molecule has 2 aromatic rings. The van der Waals surface area contributed by atoms with Crippen LogP contribution in [0.4, 0.5) is 10.1 Å². The maximum atomic E-state index is 13.4. The molecule has 2 rings (SSSR count). The summed E-state index contributed by atoms with van der Waals surface area (Å²) in [6.07, 6.45) is 2.37. The van der Waals surface area contributed by atoms with Crippen LogP contribution in [-0.2, 0) is 0 Å². The number of aromatic nitrogens is 1. The third kappa shape index (κ3) is 3.40. The van der Waals surface area contributed by atoms with E-state index in [2.05, 4.69) is 22.1 Å². The fourth-order valence-electron chi connectivity index (χ4n) is 1.55. The minimum Gasteiger partial charge on any atom is -0.322 e. The summed E-state index contributed by atoms with van der Waals surface area (Å²) in [5, 5.41) is 2.60. The molecule has 0 fully saturated rings. The van der Waals surface area contributed by atoms with E-state index in [0.29, 0.717) is 12.2 Å². The number of hydrogen-bond acceptors (Lipinski definition) is 3. The van der Waals surface area contributed by atoms with Gasteiger partial charge in [0.05, 0.1) is 18.3 Å². The predicted molar refractivity (Wildman–Crippen MR) is 74.5 cm³/mol. The summed E-state index contributed by atoms with van der Waals surface area (Å²) in [5.41, 5.74) is 6.59. The Balaban J connectivity index is 2.11. The van der Waals surface area contributed by atoms with Crippen molar-refractivity contribution in [3.63, 3.8) is 0 Å². The van der Waals surface area contributed by atoms with Crippen LogP contribution in [0.5, 0.6) is 0 Å². The van der Waals surface area contributed by atoms with E-state index < -0.39 is 11.7 Å². The topological polar surface area (TPSA) is 68.0 Å². The van der Waals surface area contributed by atoms with E-state index in [1.165, 1.54) is 12.3 Å². The number of nitrogens with zero attached hydrogens (tertiary/aromatic N) is 1. The Morgan fingerprint density at radius 1 is 1.30 bits per heavy atom. The third-order valence-electron chi connectivity index (χ3n) is 2.49. The molecule has 0 spiro atoms. The molecule has 0 radical (unpaired) electrons. The molecule has 100 valence electrons. The monoisotopic (exact) mass is 269 g/mol. The smallest absolute Gasteiger partial charge is 0.258 e. The van der Waals surface area contributed by atoms with Gasteiger partial charge in [-0.05, 0) is 30.3 Å². The zero-order valence-electron chi connectivity index (χ0n) is 10.6. The number of amides is 1. The van der Waals surface area contributed by atoms with Crippen LogP contribution < -0.4 is 11.1 Å². The van der Waals surface area contributed by atoms with Crippen LogP contribution in [-0.4, -0.2) is 17.4 Å². The highest BCUT2D eigenvalue weighted by Gasteiger charge is 2.11. The number of nitrogens with two attached hydrogens (primary N) is 1. The van der Waals surface area contributed by atoms with Crippen molar-refractivity contribution in [3.8, 4) is 11.8 Å². The van der Waals surface area contributed by atoms with Gasteiger partial charge in [-0.25, -0.2) is 4.39 Å². The fourth-order valence-corrected chi connectivity index (χ4v) is 1.55. The molecule has 0 aliphatic rings. The Bertz CT molecular complexity index is 672. The van der Waals surface area contributed by atoms with E-state index >= 15 is 0 Å². The number of halogens is 1. The van der Waals surface area contributed by atoms with Gasteiger partial charge in [-0.15, -0.1) is 0 Å². The maximum absolute atomic E-state index is 13.4. The summed E-state index contributed by atoms with van der Waals surface area (Å²) >= 11 is 0. The van der Waals surface area contributed by atoms with Crippen molar-refractivity contribution in [2.24, 2.45) is 5.73 Å². The molecule has 0 atom stereocenters. The number of carbonyl (C=O) groups is 1. The second-order valence-corrected chi connectivity index (χ2v) is 3.89. The number of nitrogens with one attached hydrogen (secondary N) is 1. The van der Waals surface area contributed by atoms with Crippen LogP contribution in [0.25, 0.3) is 0 Å². The molecule has 0 bridgehead atoms. The van der Waals surface area contributed by atoms with Gasteiger partial charge in [-0.2, -0.15) is 0 Å². The average Bonchev–Trinajstić information content (AvgIpc) is 2.47. The average molecular weight is 269 g/mol. The quantitative estimate of drug-likeness (QED) is 0.817. The van der Waals surface area contributed by atoms with Gasteiger partial charge in [-0.3, -0.25) is 9.78 Å². The van der Waals surface area contributed by atoms with Gasteiger partial charge in [0.1, 0.15) is 0 Å². The first kappa shape index (κ1) is 13.7. The van der Waals surface area contributed by atoms with Crippen molar-refractivity contribution in [1.29, 1.82) is 0 Å². The van der Waals surface area contributed by atoms with E-state index in [9.17, 15) is 9.18 Å². The number of hydrogen-bond donors (Lipinski definition) is 2. The Labute approximate surface area is 115 Å². The van der Waals surface area contributed by atoms with E-state index in [0.717, 1.165) is 11.8 Å². The van der Waals surface area contributed by atoms with Gasteiger partial charge in [-0.1, -0.05) is 11.8 Å². The molecule has 1 aromatic heterocycles. The van der Waals surface area contributed by atoms with Crippen LogP contribution in [0.3, 0.4) is 0 Å². The predicted octanol–water partition coefficient (Wildman–Crippen LogP) is 1.78. The Morgan fingerprint density at radius 2 is 2.05 bits per heavy atom. The normalized spacial score (nSPS) is 9.50. The fraction of sp³-hybridized carbons (Fsp3) is 0.0667. The van der Waals surface area contributed by atoms with Crippen molar-refractivity contribution in [2.75, 3.05) is 11.9 Å². The highest BCUT2D eigenvalue weighted by molar-refractivity contribution is 6.04. The Kier molecular flexibility index (Phi) is 4.43. The molecule has 1 heterocycles. The van der Waals surface area contributed by atoms with Crippen LogP contribution in [0.2, 0.25) is 0 Å². The minimum absolute atomic E-state index is 0.0491. The first-order valence-electron chi connectivity index (χ1n) is 5.90. The summed E-state index contributed by atoms with van der Waals surface area (Å²) in [4.78, 5) is 15.5. The zero-order valence-corrected chi connectivity index (χ0v) is 10.6. The molecule has 0 saturated carbocycles. The van der Waals surface area contributed by atoms with Crippen LogP contribution in [0.15, 0.2) is 42.7 Å². The number of pyridine rings is 1. The number of carbonyl (C=O) groups excluding carboxylic acids is 1. The van der Waals surface area contributed by atoms with E-state index in [-0.39, 0.29) is 5.56 Å². The molecule has 3 N–H and O–H groups in total. The molecule has 0 aliphatic carbocycles. The van der Waals surface area contributed by atoms with E-state index in [4.69, 9.17) is 5.73 Å². The molecule has 4 nitrogen and oxygen atoms in total. The molecule has 20 heavy (non-hydrogen) atoms. The summed E-state index contributed by atoms with van der Waals surface area (Å²) < 4.78 is 13.4. The number of anilines is 1. The number of rotatable bonds is 2. The molecule has 0 aliphatic heterocycles. The lowest BCUT2D eigenvalue weighted by atomic mass is 10.2. The summed E-state index contributed by atoms with van der Waals surface area (Å²) in [5.74, 6) is 4.42. The number of benzene rings is 1. The lowest BCUT2D eigenvalue weighted by Crippen LogP contribution is -2.13. The molecule has 0 saturated heterocycles. The van der Waals surface area contributed by atoms with Crippen molar-refractivity contribution in [1.82, 2.24) is 4.98 Å². The molecule has 0 unspecified atom stereocenters. The molecule has 5 heteroatoms. The summed E-state index contributed by atoms with van der Waals surface area (Å²) in [7, 11) is 0. The minimum atomic E-state index is -0.657. The highest BCUT2D eigenvalue weighted by atomic mass is 19.1. The van der Waals surface area contributed by atoms with Crippen molar-refractivity contribution < 1.29 is 9.18 Å². The first-order valence-corrected chi connectivity index (χ1v) is 5.90. The molecular formula is C15H12FN3O. The lowest BCUT2D eigenvalue weighted by molar-refractivity contribution is 0.102. The zero-order chi connectivity index (χ0) is 14.4. The Hall–Kier alpha value is -2.71. The van der Waals surface area contributed by atoms with Gasteiger partial charge >= 0.3 is 0 Å². The molecule has 1 amide bonds. The van der Waals surface area contributed by atoms with E-state index in [1.807, 2.05) is 0 Å². The maximum Gasteiger partial charge on any atom is 0.258 e. The van der Waals surface area contributed by atoms with Crippen LogP contribution >= 0.6 is 0 Å². The second kappa shape index (κ2) is 6.45. The summed E-state index contributed by atoms with van der Waals surface area (Å²) in [6, 6.07) is 8.21. The van der Waals surface area contributed by atoms with Crippen molar-refractivity contribution in [2.45, 2.75) is 0 Å². The lowest BCUT2D eigenvalue weighted by Gasteiger charge is -2.05. The van der Waals surface area contributed by atoms with Gasteiger partial charge in [0.2, 0.25) is 0 Å². The third-order valence-corrected chi connectivity index (χ3v) is 2.49. The standard InChI is InChI=1S/C15H12FN3O/c16-14-10-18-9-7-13(14)15(20)19-12-5-3-11(4-6-12)2-1-8-17/h3-7,9-10H,8,17H2,(H,19,20). The highest BCUT2D eigenvalue weighted by Crippen LogP contribution is 2.12. The SMILES string of the molecule is NCC#Cc1ccc(NC(=O)c2ccncc2F)cc1. The van der Waals surface area contributed by atoms with Gasteiger partial charge in [0, 0.05) is 17.4 Å². The van der Waals surface area contributed by atoms with E-state index in [1.54, 1.807) is 24.3 Å². The largest absolute Gasteiger partial charge is 0.322 e. The van der Waals surface area contributed by atoms with Crippen LogP contribution in [0.1, 0.15) is 15.9 Å². The second-order valence-electron chi connectivity index (χ2n) is 3.89. The molecule has 1 aromatic carbocycles. The van der Waals surface area contributed by atoms with Gasteiger partial charge in [0.25, 0.3) is 5.91 Å². The summed E-state index contributed by atoms with van der Waals surface area (Å²) in [6.45, 7) is 0.291. The van der Waals surface area contributed by atoms with Gasteiger partial charge < -0.3 is 11.1 Å². The first-order chi connectivity index (χ1) is 9.70. The van der Waals surface area contributed by atoms with Crippen LogP contribution in [0, 0.1) is 17.7 Å². The van der Waals surface area contributed by atoms with Crippen molar-refractivity contribution in [3.05, 3.63) is 59.7 Å². The van der Waals surface area contributed by atoms with Crippen molar-refractivity contribution >= 4 is 11.6 Å². The molecular weight excluding hydrogens is 257 g/mol.